The molecular weight excluding hydrogens is 472 g/mol. The SMILES string of the molecule is COCOc1cc(-c2cn3cc(C)nc3cn2)ccc1-c1ccc(C2CN(C(=O)OC(C)(C)C)C2)nn1. The topological polar surface area (TPSA) is 104 Å². The summed E-state index contributed by atoms with van der Waals surface area (Å²) in [5, 5.41) is 8.91. The largest absolute Gasteiger partial charge is 0.467 e. The molecule has 192 valence electrons. The number of hydrogen-bond donors (Lipinski definition) is 0. The number of carbonyl (C=O) groups excluding carboxylic acids is 1. The molecule has 10 nitrogen and oxygen atoms in total. The number of aromatic nitrogens is 5. The minimum atomic E-state index is -0.511. The molecule has 0 N–H and O–H groups in total. The lowest BCUT2D eigenvalue weighted by Crippen LogP contribution is -2.50. The van der Waals surface area contributed by atoms with Gasteiger partial charge < -0.3 is 23.5 Å². The fourth-order valence-electron chi connectivity index (χ4n) is 4.16. The Balaban J connectivity index is 1.34. The van der Waals surface area contributed by atoms with Gasteiger partial charge in [0, 0.05) is 49.6 Å². The molecule has 1 fully saturated rings. The highest BCUT2D eigenvalue weighted by atomic mass is 16.7. The van der Waals surface area contributed by atoms with Crippen LogP contribution in [0.4, 0.5) is 4.79 Å². The van der Waals surface area contributed by atoms with Crippen LogP contribution in [0.2, 0.25) is 0 Å². The first-order chi connectivity index (χ1) is 17.7. The van der Waals surface area contributed by atoms with E-state index in [4.69, 9.17) is 14.2 Å². The predicted octanol–water partition coefficient (Wildman–Crippen LogP) is 4.48. The minimum Gasteiger partial charge on any atom is -0.467 e. The standard InChI is InChI=1S/C27H30N6O4/c1-17-12-32-15-23(28-11-25(32)29-17)18-6-7-20(24(10-18)36-16-35-5)22-9-8-21(30-31-22)19-13-33(14-19)26(34)37-27(2,3)4/h6-12,15,19H,13-14,16H2,1-5H3. The monoisotopic (exact) mass is 502 g/mol. The number of methoxy groups -OCH3 is 1. The molecule has 1 saturated heterocycles. The van der Waals surface area contributed by atoms with Gasteiger partial charge in [0.1, 0.15) is 11.4 Å². The van der Waals surface area contributed by atoms with Gasteiger partial charge in [-0.05, 0) is 52.0 Å². The molecule has 0 spiro atoms. The smallest absolute Gasteiger partial charge is 0.410 e. The average molecular weight is 503 g/mol. The number of fused-ring (bicyclic) bond motifs is 1. The Labute approximate surface area is 215 Å². The van der Waals surface area contributed by atoms with Crippen LogP contribution in [0, 0.1) is 6.92 Å². The third-order valence-electron chi connectivity index (χ3n) is 5.98. The molecule has 0 radical (unpaired) electrons. The van der Waals surface area contributed by atoms with E-state index < -0.39 is 5.60 Å². The molecule has 0 unspecified atom stereocenters. The Hall–Kier alpha value is -4.05. The number of benzene rings is 1. The van der Waals surface area contributed by atoms with Crippen LogP contribution in [-0.4, -0.2) is 68.2 Å². The lowest BCUT2D eigenvalue weighted by Gasteiger charge is -2.39. The van der Waals surface area contributed by atoms with Crippen molar-refractivity contribution >= 4 is 11.7 Å². The molecule has 4 heterocycles. The van der Waals surface area contributed by atoms with E-state index in [0.717, 1.165) is 33.9 Å². The summed E-state index contributed by atoms with van der Waals surface area (Å²) in [4.78, 5) is 22.9. The maximum Gasteiger partial charge on any atom is 0.410 e. The maximum absolute atomic E-state index is 12.2. The molecule has 0 saturated carbocycles. The summed E-state index contributed by atoms with van der Waals surface area (Å²) >= 11 is 0. The van der Waals surface area contributed by atoms with E-state index in [1.165, 1.54) is 0 Å². The van der Waals surface area contributed by atoms with Crippen molar-refractivity contribution in [1.82, 2.24) is 29.5 Å². The Morgan fingerprint density at radius 1 is 1.08 bits per heavy atom. The lowest BCUT2D eigenvalue weighted by atomic mass is 9.96. The van der Waals surface area contributed by atoms with Crippen molar-refractivity contribution in [3.63, 3.8) is 0 Å². The van der Waals surface area contributed by atoms with Gasteiger partial charge in [0.05, 0.1) is 29.0 Å². The lowest BCUT2D eigenvalue weighted by molar-refractivity contribution is 0.00780. The molecule has 37 heavy (non-hydrogen) atoms. The van der Waals surface area contributed by atoms with Crippen molar-refractivity contribution < 1.29 is 19.0 Å². The first-order valence-electron chi connectivity index (χ1n) is 12.1. The molecule has 4 aromatic rings. The van der Waals surface area contributed by atoms with Crippen molar-refractivity contribution in [2.24, 2.45) is 0 Å². The fourth-order valence-corrected chi connectivity index (χ4v) is 4.16. The van der Waals surface area contributed by atoms with Crippen LogP contribution in [0.1, 0.15) is 38.1 Å². The molecule has 1 aliphatic rings. The number of ether oxygens (including phenoxy) is 3. The highest BCUT2D eigenvalue weighted by molar-refractivity contribution is 5.73. The fraction of sp³-hybridized carbons (Fsp3) is 0.370. The van der Waals surface area contributed by atoms with Crippen molar-refractivity contribution in [3.8, 4) is 28.3 Å². The van der Waals surface area contributed by atoms with Crippen molar-refractivity contribution in [1.29, 1.82) is 0 Å². The number of rotatable bonds is 6. The van der Waals surface area contributed by atoms with E-state index in [1.54, 1.807) is 18.2 Å². The van der Waals surface area contributed by atoms with Gasteiger partial charge in [-0.25, -0.2) is 9.78 Å². The number of imidazole rings is 1. The summed E-state index contributed by atoms with van der Waals surface area (Å²) in [5.41, 5.74) is 5.21. The number of carbonyl (C=O) groups is 1. The van der Waals surface area contributed by atoms with Crippen LogP contribution in [-0.2, 0) is 9.47 Å². The molecular formula is C27H30N6O4. The number of likely N-dealkylation sites (tertiary alicyclic amines) is 1. The number of aryl methyl sites for hydroxylation is 1. The van der Waals surface area contributed by atoms with E-state index in [-0.39, 0.29) is 18.8 Å². The number of amides is 1. The van der Waals surface area contributed by atoms with Gasteiger partial charge in [-0.1, -0.05) is 6.07 Å². The molecule has 10 heteroatoms. The summed E-state index contributed by atoms with van der Waals surface area (Å²) in [7, 11) is 1.58. The molecule has 0 bridgehead atoms. The predicted molar refractivity (Wildman–Crippen MR) is 137 cm³/mol. The Bertz CT molecular complexity index is 1420. The summed E-state index contributed by atoms with van der Waals surface area (Å²) < 4.78 is 18.4. The van der Waals surface area contributed by atoms with E-state index in [9.17, 15) is 4.79 Å². The van der Waals surface area contributed by atoms with E-state index in [1.807, 2.05) is 74.8 Å². The van der Waals surface area contributed by atoms with Gasteiger partial charge in [-0.15, -0.1) is 0 Å². The van der Waals surface area contributed by atoms with Crippen LogP contribution in [0.3, 0.4) is 0 Å². The minimum absolute atomic E-state index is 0.0950. The third-order valence-corrected chi connectivity index (χ3v) is 5.98. The van der Waals surface area contributed by atoms with Gasteiger partial charge in [0.25, 0.3) is 0 Å². The van der Waals surface area contributed by atoms with Crippen LogP contribution >= 0.6 is 0 Å². The maximum atomic E-state index is 12.2. The van der Waals surface area contributed by atoms with Gasteiger partial charge in [-0.3, -0.25) is 4.98 Å². The van der Waals surface area contributed by atoms with Gasteiger partial charge >= 0.3 is 6.09 Å². The molecule has 1 aromatic carbocycles. The Morgan fingerprint density at radius 2 is 1.89 bits per heavy atom. The molecule has 0 atom stereocenters. The van der Waals surface area contributed by atoms with Gasteiger partial charge in [0.2, 0.25) is 0 Å². The zero-order chi connectivity index (χ0) is 26.2. The van der Waals surface area contributed by atoms with E-state index in [2.05, 4.69) is 20.2 Å². The summed E-state index contributed by atoms with van der Waals surface area (Å²) in [5.74, 6) is 0.748. The van der Waals surface area contributed by atoms with Crippen LogP contribution < -0.4 is 4.74 Å². The summed E-state index contributed by atoms with van der Waals surface area (Å²) in [6.45, 7) is 8.75. The zero-order valence-corrected chi connectivity index (χ0v) is 21.6. The average Bonchev–Trinajstić information content (AvgIpc) is 3.20. The van der Waals surface area contributed by atoms with E-state index in [0.29, 0.717) is 24.5 Å². The van der Waals surface area contributed by atoms with Crippen LogP contribution in [0.25, 0.3) is 28.2 Å². The second-order valence-electron chi connectivity index (χ2n) is 10.1. The first kappa shape index (κ1) is 24.6. The molecule has 5 rings (SSSR count). The highest BCUT2D eigenvalue weighted by Crippen LogP contribution is 2.34. The number of hydrogen-bond acceptors (Lipinski definition) is 8. The number of nitrogens with zero attached hydrogens (tertiary/aromatic N) is 6. The Morgan fingerprint density at radius 3 is 2.59 bits per heavy atom. The quantitative estimate of drug-likeness (QED) is 0.356. The second-order valence-corrected chi connectivity index (χ2v) is 10.1. The summed E-state index contributed by atoms with van der Waals surface area (Å²) in [6.07, 6.45) is 5.35. The van der Waals surface area contributed by atoms with Gasteiger partial charge in [-0.2, -0.15) is 10.2 Å². The molecule has 3 aromatic heterocycles. The van der Waals surface area contributed by atoms with Crippen LogP contribution in [0.15, 0.2) is 48.9 Å². The van der Waals surface area contributed by atoms with Gasteiger partial charge in [0.15, 0.2) is 12.4 Å². The highest BCUT2D eigenvalue weighted by Gasteiger charge is 2.35. The van der Waals surface area contributed by atoms with E-state index >= 15 is 0 Å². The third kappa shape index (κ3) is 5.39. The summed E-state index contributed by atoms with van der Waals surface area (Å²) in [6, 6.07) is 9.72. The zero-order valence-electron chi connectivity index (χ0n) is 21.6. The molecule has 1 aliphatic heterocycles. The van der Waals surface area contributed by atoms with Crippen LogP contribution in [0.5, 0.6) is 5.75 Å². The van der Waals surface area contributed by atoms with Crippen molar-refractivity contribution in [2.45, 2.75) is 39.2 Å². The van der Waals surface area contributed by atoms with Crippen molar-refractivity contribution in [3.05, 3.63) is 60.3 Å². The normalized spacial score (nSPS) is 14.0. The first-order valence-corrected chi connectivity index (χ1v) is 12.1. The second kappa shape index (κ2) is 9.78. The molecule has 1 amide bonds. The molecule has 0 aliphatic carbocycles. The Kier molecular flexibility index (Phi) is 6.51. The van der Waals surface area contributed by atoms with Crippen molar-refractivity contribution in [2.75, 3.05) is 27.0 Å².